The van der Waals surface area contributed by atoms with Crippen LogP contribution in [-0.2, 0) is 30.2 Å². The van der Waals surface area contributed by atoms with Crippen LogP contribution in [0, 0.1) is 5.41 Å². The SMILES string of the molecule is CCC1(COc2ccc(Cc3cc(C4CC(OC(C)=O)CC(COC(C)=O)O4)ccc3Cl)cc2)CCCCC1. The van der Waals surface area contributed by atoms with E-state index >= 15 is 0 Å². The minimum Gasteiger partial charge on any atom is -0.493 e. The molecule has 7 heteroatoms. The van der Waals surface area contributed by atoms with Gasteiger partial charge in [0.15, 0.2) is 0 Å². The lowest BCUT2D eigenvalue weighted by atomic mass is 9.73. The molecule has 2 aliphatic rings. The highest BCUT2D eigenvalue weighted by atomic mass is 35.5. The molecule has 1 saturated heterocycles. The van der Waals surface area contributed by atoms with Crippen molar-refractivity contribution in [1.82, 2.24) is 0 Å². The molecule has 2 aromatic carbocycles. The fraction of sp³-hybridized carbons (Fsp3) is 0.562. The topological polar surface area (TPSA) is 71.1 Å². The molecule has 4 rings (SSSR count). The summed E-state index contributed by atoms with van der Waals surface area (Å²) in [4.78, 5) is 23.0. The summed E-state index contributed by atoms with van der Waals surface area (Å²) >= 11 is 6.60. The molecule has 1 saturated carbocycles. The number of hydrogen-bond donors (Lipinski definition) is 0. The molecule has 3 atom stereocenters. The van der Waals surface area contributed by atoms with Gasteiger partial charge in [-0.15, -0.1) is 0 Å². The van der Waals surface area contributed by atoms with Gasteiger partial charge in [-0.05, 0) is 60.6 Å². The summed E-state index contributed by atoms with van der Waals surface area (Å²) in [6, 6.07) is 14.2. The first-order valence-electron chi connectivity index (χ1n) is 14.2. The molecule has 0 radical (unpaired) electrons. The zero-order valence-corrected chi connectivity index (χ0v) is 24.1. The van der Waals surface area contributed by atoms with Crippen LogP contribution in [0.25, 0.3) is 0 Å². The molecular formula is C32H41ClO6. The summed E-state index contributed by atoms with van der Waals surface area (Å²) in [5, 5.41) is 0.685. The van der Waals surface area contributed by atoms with E-state index in [1.54, 1.807) is 0 Å². The van der Waals surface area contributed by atoms with Crippen LogP contribution in [0.15, 0.2) is 42.5 Å². The van der Waals surface area contributed by atoms with Gasteiger partial charge in [0.25, 0.3) is 0 Å². The van der Waals surface area contributed by atoms with Crippen molar-refractivity contribution in [1.29, 1.82) is 0 Å². The van der Waals surface area contributed by atoms with Crippen LogP contribution in [0.4, 0.5) is 0 Å². The van der Waals surface area contributed by atoms with Gasteiger partial charge in [0.2, 0.25) is 0 Å². The van der Waals surface area contributed by atoms with Crippen molar-refractivity contribution >= 4 is 23.5 Å². The van der Waals surface area contributed by atoms with Crippen LogP contribution >= 0.6 is 11.6 Å². The second kappa shape index (κ2) is 13.7. The predicted molar refractivity (Wildman–Crippen MR) is 151 cm³/mol. The second-order valence-electron chi connectivity index (χ2n) is 11.1. The van der Waals surface area contributed by atoms with Gasteiger partial charge < -0.3 is 18.9 Å². The van der Waals surface area contributed by atoms with E-state index in [2.05, 4.69) is 25.1 Å². The summed E-state index contributed by atoms with van der Waals surface area (Å²) in [7, 11) is 0. The largest absolute Gasteiger partial charge is 0.493 e. The maximum atomic E-state index is 11.6. The third kappa shape index (κ3) is 8.46. The van der Waals surface area contributed by atoms with Gasteiger partial charge in [0, 0.05) is 37.1 Å². The molecule has 1 aliphatic heterocycles. The monoisotopic (exact) mass is 556 g/mol. The number of esters is 2. The smallest absolute Gasteiger partial charge is 0.302 e. The normalized spacial score (nSPS) is 22.6. The summed E-state index contributed by atoms with van der Waals surface area (Å²) in [5.41, 5.74) is 3.40. The third-order valence-corrected chi connectivity index (χ3v) is 8.50. The van der Waals surface area contributed by atoms with E-state index in [4.69, 9.17) is 30.5 Å². The summed E-state index contributed by atoms with van der Waals surface area (Å²) in [5.74, 6) is 0.205. The van der Waals surface area contributed by atoms with Gasteiger partial charge >= 0.3 is 11.9 Å². The lowest BCUT2D eigenvalue weighted by Gasteiger charge is -2.36. The minimum atomic E-state index is -0.367. The number of rotatable bonds is 10. The Morgan fingerprint density at radius 3 is 2.41 bits per heavy atom. The molecule has 0 spiro atoms. The van der Waals surface area contributed by atoms with E-state index in [1.165, 1.54) is 46.0 Å². The van der Waals surface area contributed by atoms with Crippen LogP contribution < -0.4 is 4.74 Å². The molecule has 2 aromatic rings. The highest BCUT2D eigenvalue weighted by Gasteiger charge is 2.33. The number of carbonyl (C=O) groups is 2. The van der Waals surface area contributed by atoms with Crippen LogP contribution in [0.1, 0.15) is 94.9 Å². The number of carbonyl (C=O) groups excluding carboxylic acids is 2. The van der Waals surface area contributed by atoms with Crippen molar-refractivity contribution in [2.45, 2.75) is 96.9 Å². The van der Waals surface area contributed by atoms with Gasteiger partial charge in [-0.25, -0.2) is 0 Å². The van der Waals surface area contributed by atoms with Crippen molar-refractivity contribution in [2.24, 2.45) is 5.41 Å². The van der Waals surface area contributed by atoms with Crippen LogP contribution in [0.3, 0.4) is 0 Å². The zero-order chi connectivity index (χ0) is 27.8. The maximum Gasteiger partial charge on any atom is 0.302 e. The molecule has 39 heavy (non-hydrogen) atoms. The Bertz CT molecular complexity index is 1110. The molecule has 6 nitrogen and oxygen atoms in total. The predicted octanol–water partition coefficient (Wildman–Crippen LogP) is 7.39. The van der Waals surface area contributed by atoms with E-state index in [1.807, 2.05) is 24.3 Å². The van der Waals surface area contributed by atoms with Crippen LogP contribution in [-0.4, -0.2) is 37.4 Å². The van der Waals surface area contributed by atoms with Crippen molar-refractivity contribution in [3.8, 4) is 5.75 Å². The van der Waals surface area contributed by atoms with Gasteiger partial charge in [0.05, 0.1) is 18.8 Å². The highest BCUT2D eigenvalue weighted by molar-refractivity contribution is 6.31. The Morgan fingerprint density at radius 1 is 1.00 bits per heavy atom. The summed E-state index contributed by atoms with van der Waals surface area (Å²) < 4.78 is 23.2. The Labute approximate surface area is 237 Å². The molecule has 212 valence electrons. The lowest BCUT2D eigenvalue weighted by molar-refractivity contribution is -0.169. The first-order valence-corrected chi connectivity index (χ1v) is 14.6. The molecular weight excluding hydrogens is 516 g/mol. The van der Waals surface area contributed by atoms with E-state index < -0.39 is 0 Å². The first kappa shape index (κ1) is 29.4. The highest BCUT2D eigenvalue weighted by Crippen LogP contribution is 2.40. The van der Waals surface area contributed by atoms with Crippen molar-refractivity contribution in [3.63, 3.8) is 0 Å². The van der Waals surface area contributed by atoms with Gasteiger partial charge in [0.1, 0.15) is 18.5 Å². The Kier molecular flexibility index (Phi) is 10.3. The standard InChI is InChI=1S/C32H41ClO6/c1-4-32(14-6-5-7-15-32)21-37-27-11-8-24(9-12-27)16-26-17-25(10-13-30(26)33)31-19-28(38-23(3)35)18-29(39-31)20-36-22(2)34/h8-13,17,28-29,31H,4-7,14-16,18-21H2,1-3H3. The summed E-state index contributed by atoms with van der Waals surface area (Å²) in [6.45, 7) is 5.96. The lowest BCUT2D eigenvalue weighted by Crippen LogP contribution is -2.36. The van der Waals surface area contributed by atoms with Crippen LogP contribution in [0.5, 0.6) is 5.75 Å². The fourth-order valence-corrected chi connectivity index (χ4v) is 6.01. The van der Waals surface area contributed by atoms with Crippen molar-refractivity contribution in [3.05, 3.63) is 64.2 Å². The molecule has 1 heterocycles. The number of hydrogen-bond acceptors (Lipinski definition) is 6. The molecule has 2 fully saturated rings. The van der Waals surface area contributed by atoms with Gasteiger partial charge in [-0.1, -0.05) is 62.1 Å². The molecule has 3 unspecified atom stereocenters. The van der Waals surface area contributed by atoms with Crippen molar-refractivity contribution in [2.75, 3.05) is 13.2 Å². The van der Waals surface area contributed by atoms with Crippen LogP contribution in [0.2, 0.25) is 5.02 Å². The second-order valence-corrected chi connectivity index (χ2v) is 11.5. The fourth-order valence-electron chi connectivity index (χ4n) is 5.83. The minimum absolute atomic E-state index is 0.123. The van der Waals surface area contributed by atoms with E-state index in [-0.39, 0.29) is 36.9 Å². The number of halogens is 1. The average molecular weight is 557 g/mol. The van der Waals surface area contributed by atoms with E-state index in [9.17, 15) is 9.59 Å². The molecule has 1 aliphatic carbocycles. The number of ether oxygens (including phenoxy) is 4. The maximum absolute atomic E-state index is 11.6. The summed E-state index contributed by atoms with van der Waals surface area (Å²) in [6.07, 6.45) is 8.34. The average Bonchev–Trinajstić information content (AvgIpc) is 2.93. The third-order valence-electron chi connectivity index (χ3n) is 8.13. The molecule has 0 aromatic heterocycles. The van der Waals surface area contributed by atoms with E-state index in [0.29, 0.717) is 29.7 Å². The molecule has 0 amide bonds. The first-order chi connectivity index (χ1) is 18.7. The van der Waals surface area contributed by atoms with E-state index in [0.717, 1.165) is 35.5 Å². The quantitative estimate of drug-likeness (QED) is 0.284. The van der Waals surface area contributed by atoms with Gasteiger partial charge in [-0.2, -0.15) is 0 Å². The zero-order valence-electron chi connectivity index (χ0n) is 23.4. The molecule has 0 N–H and O–H groups in total. The molecule has 0 bridgehead atoms. The van der Waals surface area contributed by atoms with Gasteiger partial charge in [-0.3, -0.25) is 9.59 Å². The Morgan fingerprint density at radius 2 is 1.74 bits per heavy atom. The number of benzene rings is 2. The van der Waals surface area contributed by atoms with Crippen molar-refractivity contribution < 1.29 is 28.5 Å². The Balaban J connectivity index is 1.42. The Hall–Kier alpha value is -2.57.